The summed E-state index contributed by atoms with van der Waals surface area (Å²) in [5.74, 6) is -1.33. The fourth-order valence-electron chi connectivity index (χ4n) is 1.70. The smallest absolute Gasteiger partial charge is 0.311 e. The molecule has 116 valence electrons. The molecule has 0 heterocycles. The summed E-state index contributed by atoms with van der Waals surface area (Å²) in [6.07, 6.45) is -0.200. The molecule has 1 aromatic rings. The third-order valence-electron chi connectivity index (χ3n) is 3.05. The summed E-state index contributed by atoms with van der Waals surface area (Å²) < 4.78 is 5.44. The minimum absolute atomic E-state index is 0.117. The lowest BCUT2D eigenvalue weighted by Gasteiger charge is -2.19. The SMILES string of the molecule is CC(C)Oc1cc(NC(C)C(C)C(=O)O)ccc1[N+](=O)[O-]. The van der Waals surface area contributed by atoms with Gasteiger partial charge in [0.25, 0.3) is 0 Å². The molecule has 1 rings (SSSR count). The Morgan fingerprint density at radius 3 is 2.43 bits per heavy atom. The molecule has 0 fully saturated rings. The Hall–Kier alpha value is -2.31. The summed E-state index contributed by atoms with van der Waals surface area (Å²) in [6.45, 7) is 6.89. The molecule has 0 saturated heterocycles. The van der Waals surface area contributed by atoms with Gasteiger partial charge in [-0.2, -0.15) is 0 Å². The summed E-state index contributed by atoms with van der Waals surface area (Å²) >= 11 is 0. The standard InChI is InChI=1S/C14H20N2O5/c1-8(2)21-13-7-11(5-6-12(13)16(19)20)15-10(4)9(3)14(17)18/h5-10,15H,1-4H3,(H,17,18). The number of carbonyl (C=O) groups is 1. The van der Waals surface area contributed by atoms with E-state index in [-0.39, 0.29) is 23.6 Å². The van der Waals surface area contributed by atoms with E-state index < -0.39 is 16.8 Å². The molecule has 0 spiro atoms. The number of nitro benzene ring substituents is 1. The van der Waals surface area contributed by atoms with Crippen LogP contribution in [0, 0.1) is 16.0 Å². The van der Waals surface area contributed by atoms with Crippen molar-refractivity contribution < 1.29 is 19.6 Å². The molecule has 0 aliphatic heterocycles. The van der Waals surface area contributed by atoms with Gasteiger partial charge in [-0.15, -0.1) is 0 Å². The molecule has 0 radical (unpaired) electrons. The number of benzene rings is 1. The largest absolute Gasteiger partial charge is 0.484 e. The highest BCUT2D eigenvalue weighted by Crippen LogP contribution is 2.31. The van der Waals surface area contributed by atoms with Gasteiger partial charge in [-0.1, -0.05) is 0 Å². The Morgan fingerprint density at radius 2 is 1.95 bits per heavy atom. The van der Waals surface area contributed by atoms with E-state index in [4.69, 9.17) is 9.84 Å². The summed E-state index contributed by atoms with van der Waals surface area (Å²) in [6, 6.07) is 4.08. The van der Waals surface area contributed by atoms with E-state index in [1.165, 1.54) is 18.2 Å². The van der Waals surface area contributed by atoms with Gasteiger partial charge in [0.05, 0.1) is 16.9 Å². The van der Waals surface area contributed by atoms with Crippen molar-refractivity contribution in [2.24, 2.45) is 5.92 Å². The molecular weight excluding hydrogens is 276 g/mol. The van der Waals surface area contributed by atoms with Crippen LogP contribution in [0.15, 0.2) is 18.2 Å². The average molecular weight is 296 g/mol. The first-order valence-electron chi connectivity index (χ1n) is 6.66. The number of aliphatic carboxylic acids is 1. The molecule has 21 heavy (non-hydrogen) atoms. The van der Waals surface area contributed by atoms with E-state index >= 15 is 0 Å². The Labute approximate surface area is 123 Å². The summed E-state index contributed by atoms with van der Waals surface area (Å²) in [7, 11) is 0. The van der Waals surface area contributed by atoms with Crippen LogP contribution in [0.5, 0.6) is 5.75 Å². The van der Waals surface area contributed by atoms with E-state index in [2.05, 4.69) is 5.32 Å². The second-order valence-electron chi connectivity index (χ2n) is 5.17. The van der Waals surface area contributed by atoms with Gasteiger partial charge in [0.1, 0.15) is 0 Å². The second kappa shape index (κ2) is 6.92. The van der Waals surface area contributed by atoms with Crippen LogP contribution >= 0.6 is 0 Å². The molecule has 0 amide bonds. The normalized spacial score (nSPS) is 13.6. The van der Waals surface area contributed by atoms with E-state index in [9.17, 15) is 14.9 Å². The van der Waals surface area contributed by atoms with Crippen molar-refractivity contribution in [1.29, 1.82) is 0 Å². The number of nitrogens with zero attached hydrogens (tertiary/aromatic N) is 1. The highest BCUT2D eigenvalue weighted by molar-refractivity contribution is 5.71. The van der Waals surface area contributed by atoms with E-state index in [1.807, 2.05) is 0 Å². The Balaban J connectivity index is 2.99. The van der Waals surface area contributed by atoms with Crippen molar-refractivity contribution in [3.05, 3.63) is 28.3 Å². The summed E-state index contributed by atoms with van der Waals surface area (Å²) in [5.41, 5.74) is 0.463. The van der Waals surface area contributed by atoms with Gasteiger partial charge in [0, 0.05) is 23.9 Å². The van der Waals surface area contributed by atoms with Gasteiger partial charge in [0.15, 0.2) is 5.75 Å². The zero-order valence-electron chi connectivity index (χ0n) is 12.5. The number of anilines is 1. The highest BCUT2D eigenvalue weighted by Gasteiger charge is 2.21. The summed E-state index contributed by atoms with van der Waals surface area (Å²) in [4.78, 5) is 21.4. The lowest BCUT2D eigenvalue weighted by Crippen LogP contribution is -2.29. The number of rotatable bonds is 7. The summed E-state index contributed by atoms with van der Waals surface area (Å²) in [5, 5.41) is 22.9. The van der Waals surface area contributed by atoms with Crippen LogP contribution in [-0.4, -0.2) is 28.1 Å². The predicted molar refractivity (Wildman–Crippen MR) is 78.7 cm³/mol. The van der Waals surface area contributed by atoms with Gasteiger partial charge in [-0.25, -0.2) is 0 Å². The van der Waals surface area contributed by atoms with Crippen molar-refractivity contribution in [2.75, 3.05) is 5.32 Å². The van der Waals surface area contributed by atoms with Crippen LogP contribution in [0.4, 0.5) is 11.4 Å². The van der Waals surface area contributed by atoms with Gasteiger partial charge in [-0.3, -0.25) is 14.9 Å². The minimum Gasteiger partial charge on any atom is -0.484 e. The molecule has 0 aliphatic carbocycles. The van der Waals surface area contributed by atoms with Crippen molar-refractivity contribution in [3.63, 3.8) is 0 Å². The number of carboxylic acid groups (broad SMARTS) is 1. The van der Waals surface area contributed by atoms with Crippen molar-refractivity contribution in [3.8, 4) is 5.75 Å². The molecule has 7 heteroatoms. The quantitative estimate of drug-likeness (QED) is 0.592. The predicted octanol–water partition coefficient (Wildman–Crippen LogP) is 2.90. The van der Waals surface area contributed by atoms with Gasteiger partial charge >= 0.3 is 11.7 Å². The Morgan fingerprint density at radius 1 is 1.33 bits per heavy atom. The van der Waals surface area contributed by atoms with Crippen LogP contribution in [0.25, 0.3) is 0 Å². The maximum atomic E-state index is 11.0. The third-order valence-corrected chi connectivity index (χ3v) is 3.05. The molecule has 0 bridgehead atoms. The fraction of sp³-hybridized carbons (Fsp3) is 0.500. The fourth-order valence-corrected chi connectivity index (χ4v) is 1.70. The lowest BCUT2D eigenvalue weighted by molar-refractivity contribution is -0.386. The van der Waals surface area contributed by atoms with Crippen LogP contribution in [0.2, 0.25) is 0 Å². The third kappa shape index (κ3) is 4.62. The first-order chi connectivity index (χ1) is 9.72. The van der Waals surface area contributed by atoms with Gasteiger partial charge < -0.3 is 15.2 Å². The van der Waals surface area contributed by atoms with Gasteiger partial charge in [0.2, 0.25) is 0 Å². The van der Waals surface area contributed by atoms with Crippen LogP contribution in [0.3, 0.4) is 0 Å². The van der Waals surface area contributed by atoms with Gasteiger partial charge in [-0.05, 0) is 33.8 Å². The van der Waals surface area contributed by atoms with Crippen LogP contribution in [0.1, 0.15) is 27.7 Å². The maximum Gasteiger partial charge on any atom is 0.311 e. The van der Waals surface area contributed by atoms with E-state index in [0.29, 0.717) is 5.69 Å². The average Bonchev–Trinajstić information content (AvgIpc) is 2.36. The highest BCUT2D eigenvalue weighted by atomic mass is 16.6. The second-order valence-corrected chi connectivity index (χ2v) is 5.17. The molecule has 0 aliphatic rings. The van der Waals surface area contributed by atoms with Crippen molar-refractivity contribution in [2.45, 2.75) is 39.8 Å². The Kier molecular flexibility index (Phi) is 5.52. The first kappa shape index (κ1) is 16.7. The zero-order valence-corrected chi connectivity index (χ0v) is 12.5. The van der Waals surface area contributed by atoms with Crippen LogP contribution < -0.4 is 10.1 Å². The molecule has 0 saturated carbocycles. The minimum atomic E-state index is -0.907. The molecule has 2 N–H and O–H groups in total. The first-order valence-corrected chi connectivity index (χ1v) is 6.66. The van der Waals surface area contributed by atoms with Crippen molar-refractivity contribution in [1.82, 2.24) is 0 Å². The number of hydrogen-bond donors (Lipinski definition) is 2. The van der Waals surface area contributed by atoms with E-state index in [1.54, 1.807) is 27.7 Å². The molecule has 0 aromatic heterocycles. The number of nitrogens with one attached hydrogen (secondary N) is 1. The monoisotopic (exact) mass is 296 g/mol. The Bertz CT molecular complexity index is 530. The maximum absolute atomic E-state index is 11.0. The number of carboxylic acids is 1. The molecule has 2 atom stereocenters. The van der Waals surface area contributed by atoms with Crippen LogP contribution in [-0.2, 0) is 4.79 Å². The molecule has 7 nitrogen and oxygen atoms in total. The topological polar surface area (TPSA) is 102 Å². The van der Waals surface area contributed by atoms with Crippen molar-refractivity contribution >= 4 is 17.3 Å². The number of nitro groups is 1. The number of hydrogen-bond acceptors (Lipinski definition) is 5. The molecule has 2 unspecified atom stereocenters. The zero-order chi connectivity index (χ0) is 16.2. The number of ether oxygens (including phenoxy) is 1. The molecule has 1 aromatic carbocycles. The molecular formula is C14H20N2O5. The lowest BCUT2D eigenvalue weighted by atomic mass is 10.0. The van der Waals surface area contributed by atoms with E-state index in [0.717, 1.165) is 0 Å².